The molecule has 0 atom stereocenters. The van der Waals surface area contributed by atoms with Crippen LogP contribution in [0.15, 0.2) is 96.0 Å². The van der Waals surface area contributed by atoms with Gasteiger partial charge in [0.15, 0.2) is 0 Å². The first-order valence-electron chi connectivity index (χ1n) is 9.89. The molecule has 3 heterocycles. The van der Waals surface area contributed by atoms with Crippen molar-refractivity contribution < 1.29 is 25.8 Å². The molecule has 156 valence electrons. The fourth-order valence-electron chi connectivity index (χ4n) is 3.93. The van der Waals surface area contributed by atoms with Gasteiger partial charge >= 0.3 is 21.1 Å². The van der Waals surface area contributed by atoms with Gasteiger partial charge in [-0.3, -0.25) is 0 Å². The van der Waals surface area contributed by atoms with Crippen LogP contribution >= 0.6 is 0 Å². The normalized spacial score (nSPS) is 11.0. The van der Waals surface area contributed by atoms with E-state index in [-0.39, 0.29) is 21.1 Å². The molecule has 0 radical (unpaired) electrons. The molecule has 0 aliphatic heterocycles. The molecule has 6 aromatic rings. The number of fused-ring (bicyclic) bond motifs is 4. The van der Waals surface area contributed by atoms with Crippen molar-refractivity contribution in [2.75, 3.05) is 0 Å². The summed E-state index contributed by atoms with van der Waals surface area (Å²) in [6.45, 7) is 0. The number of hydrogen-bond donors (Lipinski definition) is 0. The van der Waals surface area contributed by atoms with Crippen LogP contribution in [0.1, 0.15) is 0 Å². The number of hydrogen-bond acceptors (Lipinski definition) is 4. The molecule has 0 N–H and O–H groups in total. The predicted octanol–water partition coefficient (Wildman–Crippen LogP) is 6.22. The summed E-state index contributed by atoms with van der Waals surface area (Å²) in [5.41, 5.74) is 2.74. The Balaban J connectivity index is 0.00000216. The van der Waals surface area contributed by atoms with Crippen molar-refractivity contribution in [1.29, 1.82) is 0 Å². The fourth-order valence-corrected chi connectivity index (χ4v) is 4.17. The van der Waals surface area contributed by atoms with E-state index in [1.165, 1.54) is 0 Å². The van der Waals surface area contributed by atoms with Crippen molar-refractivity contribution in [2.24, 2.45) is 0 Å². The summed E-state index contributed by atoms with van der Waals surface area (Å²) in [6.07, 6.45) is 1.79. The third-order valence-electron chi connectivity index (χ3n) is 5.31. The maximum Gasteiger partial charge on any atom is 2.00 e. The van der Waals surface area contributed by atoms with Crippen LogP contribution in [0.25, 0.3) is 38.5 Å². The van der Waals surface area contributed by atoms with Crippen molar-refractivity contribution in [1.82, 2.24) is 14.5 Å². The molecule has 32 heavy (non-hydrogen) atoms. The van der Waals surface area contributed by atoms with Crippen molar-refractivity contribution in [3.8, 4) is 17.4 Å². The van der Waals surface area contributed by atoms with Crippen molar-refractivity contribution >= 4 is 45.3 Å². The van der Waals surface area contributed by atoms with Gasteiger partial charge in [-0.05, 0) is 35.0 Å². The molecule has 0 aliphatic rings. The Kier molecular flexibility index (Phi) is 5.38. The van der Waals surface area contributed by atoms with E-state index in [0.29, 0.717) is 16.5 Å². The van der Waals surface area contributed by atoms with Gasteiger partial charge in [-0.25, -0.2) is 9.97 Å². The number of nitrogens with zero attached hydrogens (tertiary/aromatic N) is 3. The standard InChI is InChI=1S/C26H16N3OS.Pt/c31-23-9-5-6-17-11-14-25(28-26(17)23)30-18-12-13-20-19-7-1-2-8-21(19)29(22(20)16-18)24-10-3-4-15-27-24;/h1-15,31H;/q-1;+2/p-1. The molecule has 3 aromatic heterocycles. The number of ether oxygens (including phenoxy) is 1. The Morgan fingerprint density at radius 2 is 1.69 bits per heavy atom. The summed E-state index contributed by atoms with van der Waals surface area (Å²) < 4.78 is 8.19. The van der Waals surface area contributed by atoms with Crippen LogP contribution in [0.5, 0.6) is 11.6 Å². The molecule has 6 rings (SSSR count). The molecular formula is C26H15N3OPtS. The van der Waals surface area contributed by atoms with Crippen molar-refractivity contribution in [2.45, 2.75) is 4.90 Å². The monoisotopic (exact) mass is 612 g/mol. The third kappa shape index (κ3) is 3.44. The van der Waals surface area contributed by atoms with Crippen LogP contribution in [-0.4, -0.2) is 14.5 Å². The molecular weight excluding hydrogens is 597 g/mol. The predicted molar refractivity (Wildman–Crippen MR) is 125 cm³/mol. The largest absolute Gasteiger partial charge is 2.00 e. The van der Waals surface area contributed by atoms with Gasteiger partial charge in [0.2, 0.25) is 5.88 Å². The molecule has 3 aromatic carbocycles. The second kappa shape index (κ2) is 8.34. The van der Waals surface area contributed by atoms with Crippen LogP contribution in [-0.2, 0) is 33.7 Å². The SMILES string of the molecule is [Pt+2].[S-]c1cccc2ccc(Oc3[c-]c4c(cc3)c3ccccc3n4-c3ccccn3)nc12. The Labute approximate surface area is 204 Å². The number of rotatable bonds is 3. The van der Waals surface area contributed by atoms with Gasteiger partial charge in [-0.15, -0.1) is 22.4 Å². The van der Waals surface area contributed by atoms with E-state index in [1.807, 2.05) is 66.7 Å². The van der Waals surface area contributed by atoms with Gasteiger partial charge in [0.25, 0.3) is 0 Å². The molecule has 0 saturated carbocycles. The number of benzene rings is 3. The average molecular weight is 613 g/mol. The summed E-state index contributed by atoms with van der Waals surface area (Å²) in [5.74, 6) is 1.91. The molecule has 0 amide bonds. The maximum absolute atomic E-state index is 6.09. The van der Waals surface area contributed by atoms with E-state index < -0.39 is 0 Å². The molecule has 0 aliphatic carbocycles. The van der Waals surface area contributed by atoms with Gasteiger partial charge < -0.3 is 21.9 Å². The molecule has 0 saturated heterocycles. The van der Waals surface area contributed by atoms with Crippen LogP contribution in [0.3, 0.4) is 0 Å². The average Bonchev–Trinajstić information content (AvgIpc) is 3.14. The first-order chi connectivity index (χ1) is 15.3. The maximum atomic E-state index is 6.09. The number of aromatic nitrogens is 3. The van der Waals surface area contributed by atoms with Gasteiger partial charge in [0.05, 0.1) is 5.52 Å². The minimum absolute atomic E-state index is 0. The molecule has 0 fully saturated rings. The van der Waals surface area contributed by atoms with Gasteiger partial charge in [-0.2, -0.15) is 6.07 Å². The Bertz CT molecular complexity index is 1580. The van der Waals surface area contributed by atoms with Gasteiger partial charge in [-0.1, -0.05) is 48.0 Å². The van der Waals surface area contributed by atoms with E-state index in [0.717, 1.165) is 38.5 Å². The van der Waals surface area contributed by atoms with Crippen molar-refractivity contribution in [3.05, 3.63) is 97.2 Å². The second-order valence-electron chi connectivity index (χ2n) is 7.20. The molecule has 4 nitrogen and oxygen atoms in total. The third-order valence-corrected chi connectivity index (χ3v) is 5.64. The Morgan fingerprint density at radius 3 is 2.56 bits per heavy atom. The van der Waals surface area contributed by atoms with Gasteiger partial charge in [0, 0.05) is 23.5 Å². The van der Waals surface area contributed by atoms with E-state index >= 15 is 0 Å². The second-order valence-corrected chi connectivity index (χ2v) is 7.64. The van der Waals surface area contributed by atoms with Crippen LogP contribution in [0.2, 0.25) is 0 Å². The fraction of sp³-hybridized carbons (Fsp3) is 0. The zero-order valence-corrected chi connectivity index (χ0v) is 19.7. The minimum atomic E-state index is 0. The molecule has 0 spiro atoms. The number of pyridine rings is 2. The minimum Gasteiger partial charge on any atom is -0.778 e. The van der Waals surface area contributed by atoms with Crippen LogP contribution in [0.4, 0.5) is 0 Å². The number of para-hydroxylation sites is 2. The quantitative estimate of drug-likeness (QED) is 0.176. The topological polar surface area (TPSA) is 39.9 Å². The molecule has 0 unspecified atom stereocenters. The Morgan fingerprint density at radius 1 is 0.812 bits per heavy atom. The van der Waals surface area contributed by atoms with E-state index in [9.17, 15) is 0 Å². The smallest absolute Gasteiger partial charge is 0.778 e. The summed E-state index contributed by atoms with van der Waals surface area (Å²) in [7, 11) is 0. The summed E-state index contributed by atoms with van der Waals surface area (Å²) in [4.78, 5) is 9.87. The van der Waals surface area contributed by atoms with Crippen LogP contribution in [0, 0.1) is 6.07 Å². The van der Waals surface area contributed by atoms with Gasteiger partial charge in [0.1, 0.15) is 5.82 Å². The Hall–Kier alpha value is -3.27. The van der Waals surface area contributed by atoms with E-state index in [2.05, 4.69) is 38.8 Å². The van der Waals surface area contributed by atoms with Crippen molar-refractivity contribution in [3.63, 3.8) is 0 Å². The first-order valence-corrected chi connectivity index (χ1v) is 10.3. The zero-order valence-electron chi connectivity index (χ0n) is 16.6. The summed E-state index contributed by atoms with van der Waals surface area (Å²) in [5, 5.41) is 3.23. The summed E-state index contributed by atoms with van der Waals surface area (Å²) >= 11 is 5.41. The van der Waals surface area contributed by atoms with E-state index in [4.69, 9.17) is 17.4 Å². The zero-order chi connectivity index (χ0) is 20.8. The molecule has 0 bridgehead atoms. The van der Waals surface area contributed by atoms with E-state index in [1.54, 1.807) is 6.20 Å². The summed E-state index contributed by atoms with van der Waals surface area (Å²) in [6, 6.07) is 31.2. The first kappa shape index (κ1) is 20.6. The molecule has 6 heteroatoms. The van der Waals surface area contributed by atoms with Crippen LogP contribution < -0.4 is 4.74 Å².